The van der Waals surface area contributed by atoms with Gasteiger partial charge in [0.1, 0.15) is 11.9 Å². The molecule has 0 bridgehead atoms. The molecule has 2 rings (SSSR count). The summed E-state index contributed by atoms with van der Waals surface area (Å²) in [5.74, 6) is 0.609. The summed E-state index contributed by atoms with van der Waals surface area (Å²) in [6, 6.07) is 7.19. The molecule has 1 N–H and O–H groups in total. The highest BCUT2D eigenvalue weighted by Gasteiger charge is 2.33. The van der Waals surface area contributed by atoms with Gasteiger partial charge < -0.3 is 14.6 Å². The molecule has 5 nitrogen and oxygen atoms in total. The van der Waals surface area contributed by atoms with Crippen LogP contribution in [0.2, 0.25) is 0 Å². The predicted molar refractivity (Wildman–Crippen MR) is 57.7 cm³/mol. The van der Waals surface area contributed by atoms with E-state index in [1.165, 1.54) is 4.90 Å². The fourth-order valence-corrected chi connectivity index (χ4v) is 1.67. The number of carbonyl (C=O) groups is 1. The Morgan fingerprint density at radius 2 is 2.31 bits per heavy atom. The molecule has 5 heteroatoms. The first-order chi connectivity index (χ1) is 7.76. The van der Waals surface area contributed by atoms with E-state index >= 15 is 0 Å². The highest BCUT2D eigenvalue weighted by molar-refractivity contribution is 5.91. The topological polar surface area (TPSA) is 59.0 Å². The fourth-order valence-electron chi connectivity index (χ4n) is 1.67. The van der Waals surface area contributed by atoms with Crippen molar-refractivity contribution in [1.82, 2.24) is 0 Å². The van der Waals surface area contributed by atoms with E-state index in [2.05, 4.69) is 0 Å². The maximum absolute atomic E-state index is 11.5. The van der Waals surface area contributed by atoms with Gasteiger partial charge in [-0.3, -0.25) is 4.90 Å². The third kappa shape index (κ3) is 1.81. The van der Waals surface area contributed by atoms with Gasteiger partial charge in [-0.2, -0.15) is 0 Å². The minimum absolute atomic E-state index is 0.169. The van der Waals surface area contributed by atoms with Crippen LogP contribution in [0.15, 0.2) is 24.3 Å². The molecule has 0 aromatic heterocycles. The number of ether oxygens (including phenoxy) is 2. The number of hydrogen-bond acceptors (Lipinski definition) is 4. The number of benzene rings is 1. The molecule has 16 heavy (non-hydrogen) atoms. The Labute approximate surface area is 93.2 Å². The van der Waals surface area contributed by atoms with E-state index in [0.717, 1.165) is 0 Å². The van der Waals surface area contributed by atoms with Crippen molar-refractivity contribution in [3.63, 3.8) is 0 Å². The minimum atomic E-state index is -0.461. The fraction of sp³-hybridized carbons (Fsp3) is 0.364. The van der Waals surface area contributed by atoms with E-state index in [4.69, 9.17) is 14.6 Å². The number of hydrogen-bond donors (Lipinski definition) is 1. The van der Waals surface area contributed by atoms with Crippen LogP contribution in [0.5, 0.6) is 5.75 Å². The largest absolute Gasteiger partial charge is 0.495 e. The van der Waals surface area contributed by atoms with Gasteiger partial charge in [0.25, 0.3) is 0 Å². The molecule has 1 aliphatic heterocycles. The third-order valence-electron chi connectivity index (χ3n) is 2.45. The first-order valence-electron chi connectivity index (χ1n) is 4.98. The quantitative estimate of drug-likeness (QED) is 0.830. The van der Waals surface area contributed by atoms with Crippen LogP contribution >= 0.6 is 0 Å². The Bertz CT molecular complexity index is 393. The molecular formula is C11H13NO4. The van der Waals surface area contributed by atoms with Crippen molar-refractivity contribution in [1.29, 1.82) is 0 Å². The monoisotopic (exact) mass is 223 g/mol. The lowest BCUT2D eigenvalue weighted by Gasteiger charge is -2.15. The van der Waals surface area contributed by atoms with Gasteiger partial charge in [-0.05, 0) is 12.1 Å². The van der Waals surface area contributed by atoms with Crippen LogP contribution in [0, 0.1) is 0 Å². The summed E-state index contributed by atoms with van der Waals surface area (Å²) in [6.45, 7) is 0.174. The number of aliphatic hydroxyl groups excluding tert-OH is 1. The van der Waals surface area contributed by atoms with Crippen molar-refractivity contribution in [2.24, 2.45) is 0 Å². The Hall–Kier alpha value is -1.75. The first-order valence-corrected chi connectivity index (χ1v) is 4.98. The van der Waals surface area contributed by atoms with Crippen LogP contribution in [0.4, 0.5) is 10.5 Å². The second-order valence-electron chi connectivity index (χ2n) is 3.47. The summed E-state index contributed by atoms with van der Waals surface area (Å²) in [5.41, 5.74) is 0.658. The highest BCUT2D eigenvalue weighted by Crippen LogP contribution is 2.30. The zero-order chi connectivity index (χ0) is 11.5. The van der Waals surface area contributed by atoms with Crippen molar-refractivity contribution >= 4 is 11.8 Å². The molecule has 1 aromatic rings. The van der Waals surface area contributed by atoms with E-state index in [-0.39, 0.29) is 6.61 Å². The number of carbonyl (C=O) groups excluding carboxylic acids is 1. The van der Waals surface area contributed by atoms with Crippen LogP contribution in [0.1, 0.15) is 0 Å². The Morgan fingerprint density at radius 1 is 1.56 bits per heavy atom. The molecule has 0 radical (unpaired) electrons. The van der Waals surface area contributed by atoms with Crippen LogP contribution in [0.3, 0.4) is 0 Å². The summed E-state index contributed by atoms with van der Waals surface area (Å²) in [5, 5.41) is 8.94. The molecule has 86 valence electrons. The number of para-hydroxylation sites is 2. The number of cyclic esters (lactones) is 1. The Kier molecular flexibility index (Phi) is 2.96. The lowest BCUT2D eigenvalue weighted by atomic mass is 10.2. The maximum Gasteiger partial charge on any atom is 0.414 e. The minimum Gasteiger partial charge on any atom is -0.495 e. The zero-order valence-corrected chi connectivity index (χ0v) is 8.92. The van der Waals surface area contributed by atoms with Gasteiger partial charge in [0.05, 0.1) is 25.9 Å². The molecule has 0 saturated carbocycles. The molecule has 0 spiro atoms. The Balaban J connectivity index is 2.27. The summed E-state index contributed by atoms with van der Waals surface area (Å²) in [6.07, 6.45) is -0.916. The zero-order valence-electron chi connectivity index (χ0n) is 8.92. The third-order valence-corrected chi connectivity index (χ3v) is 2.45. The lowest BCUT2D eigenvalue weighted by Crippen LogP contribution is -2.25. The molecule has 1 amide bonds. The molecule has 1 saturated heterocycles. The summed E-state index contributed by atoms with van der Waals surface area (Å²) in [7, 11) is 1.55. The maximum atomic E-state index is 11.5. The molecule has 1 aliphatic rings. The van der Waals surface area contributed by atoms with Gasteiger partial charge in [-0.1, -0.05) is 12.1 Å². The number of rotatable bonds is 3. The molecule has 1 heterocycles. The highest BCUT2D eigenvalue weighted by atomic mass is 16.6. The van der Waals surface area contributed by atoms with Crippen LogP contribution in [0.25, 0.3) is 0 Å². The van der Waals surface area contributed by atoms with Crippen molar-refractivity contribution < 1.29 is 19.4 Å². The standard InChI is InChI=1S/C11H13NO4/c1-15-10-5-3-2-4-9(10)12-6-8(7-13)16-11(12)14/h2-5,8,13H,6-7H2,1H3/t8-/m1/s1. The second kappa shape index (κ2) is 4.40. The van der Waals surface area contributed by atoms with Gasteiger partial charge in [0, 0.05) is 0 Å². The first kappa shape index (κ1) is 10.8. The SMILES string of the molecule is COc1ccccc1N1C[C@H](CO)OC1=O. The molecule has 0 unspecified atom stereocenters. The molecule has 1 atom stereocenters. The van der Waals surface area contributed by atoms with E-state index in [9.17, 15) is 4.79 Å². The average Bonchev–Trinajstić information content (AvgIpc) is 2.70. The van der Waals surface area contributed by atoms with Gasteiger partial charge >= 0.3 is 6.09 Å². The van der Waals surface area contributed by atoms with Crippen LogP contribution in [-0.2, 0) is 4.74 Å². The summed E-state index contributed by atoms with van der Waals surface area (Å²) in [4.78, 5) is 13.0. The second-order valence-corrected chi connectivity index (χ2v) is 3.47. The molecular weight excluding hydrogens is 210 g/mol. The van der Waals surface area contributed by atoms with Crippen molar-refractivity contribution in [3.8, 4) is 5.75 Å². The molecule has 1 aromatic carbocycles. The summed E-state index contributed by atoms with van der Waals surface area (Å²) >= 11 is 0. The van der Waals surface area contributed by atoms with E-state index < -0.39 is 12.2 Å². The lowest BCUT2D eigenvalue weighted by molar-refractivity contribution is 0.0963. The van der Waals surface area contributed by atoms with Crippen LogP contribution in [-0.4, -0.2) is 37.6 Å². The van der Waals surface area contributed by atoms with Crippen LogP contribution < -0.4 is 9.64 Å². The normalized spacial score (nSPS) is 19.8. The van der Waals surface area contributed by atoms with Gasteiger partial charge in [0.15, 0.2) is 0 Å². The Morgan fingerprint density at radius 3 is 2.94 bits per heavy atom. The number of anilines is 1. The van der Waals surface area contributed by atoms with Crippen molar-refractivity contribution in [2.45, 2.75) is 6.10 Å². The van der Waals surface area contributed by atoms with E-state index in [1.54, 1.807) is 19.2 Å². The number of amides is 1. The number of methoxy groups -OCH3 is 1. The van der Waals surface area contributed by atoms with E-state index in [1.807, 2.05) is 12.1 Å². The van der Waals surface area contributed by atoms with Crippen molar-refractivity contribution in [2.75, 3.05) is 25.2 Å². The molecule has 1 fully saturated rings. The summed E-state index contributed by atoms with van der Waals surface area (Å²) < 4.78 is 10.1. The van der Waals surface area contributed by atoms with Crippen molar-refractivity contribution in [3.05, 3.63) is 24.3 Å². The predicted octanol–water partition coefficient (Wildman–Crippen LogP) is 1.01. The average molecular weight is 223 g/mol. The van der Waals surface area contributed by atoms with Gasteiger partial charge in [-0.25, -0.2) is 4.79 Å². The van der Waals surface area contributed by atoms with Gasteiger partial charge in [-0.15, -0.1) is 0 Å². The van der Waals surface area contributed by atoms with Gasteiger partial charge in [0.2, 0.25) is 0 Å². The molecule has 0 aliphatic carbocycles. The number of nitrogens with zero attached hydrogens (tertiary/aromatic N) is 1. The number of aliphatic hydroxyl groups is 1. The smallest absolute Gasteiger partial charge is 0.414 e. The van der Waals surface area contributed by atoms with E-state index in [0.29, 0.717) is 18.0 Å².